The Morgan fingerprint density at radius 3 is 2.16 bits per heavy atom. The van der Waals surface area contributed by atoms with Crippen molar-refractivity contribution in [3.05, 3.63) is 29.8 Å². The van der Waals surface area contributed by atoms with E-state index in [1.807, 2.05) is 13.8 Å². The predicted molar refractivity (Wildman–Crippen MR) is 66.2 cm³/mol. The Labute approximate surface area is 109 Å². The van der Waals surface area contributed by atoms with Crippen LogP contribution in [0.1, 0.15) is 25.8 Å². The maximum Gasteiger partial charge on any atom is 0.416 e. The molecule has 1 aromatic rings. The topological polar surface area (TPSA) is 40.5 Å². The summed E-state index contributed by atoms with van der Waals surface area (Å²) in [5.74, 6) is -0.933. The van der Waals surface area contributed by atoms with Gasteiger partial charge < -0.3 is 10.0 Å². The Hall–Kier alpha value is -1.72. The van der Waals surface area contributed by atoms with E-state index in [2.05, 4.69) is 0 Å². The molecule has 1 rings (SSSR count). The first-order valence-corrected chi connectivity index (χ1v) is 5.87. The van der Waals surface area contributed by atoms with Crippen LogP contribution in [0.15, 0.2) is 24.3 Å². The number of alkyl halides is 3. The van der Waals surface area contributed by atoms with Gasteiger partial charge >= 0.3 is 12.1 Å². The Morgan fingerprint density at radius 1 is 1.26 bits per heavy atom. The summed E-state index contributed by atoms with van der Waals surface area (Å²) in [6.07, 6.45) is -4.42. The number of benzene rings is 1. The molecule has 0 bridgehead atoms. The number of aliphatic carboxylic acids is 1. The molecular weight excluding hydrogens is 259 g/mol. The van der Waals surface area contributed by atoms with Crippen LogP contribution in [-0.4, -0.2) is 23.7 Å². The van der Waals surface area contributed by atoms with Crippen molar-refractivity contribution in [2.75, 3.05) is 11.4 Å². The fourth-order valence-corrected chi connectivity index (χ4v) is 1.74. The molecule has 6 heteroatoms. The van der Waals surface area contributed by atoms with Crippen molar-refractivity contribution in [3.63, 3.8) is 0 Å². The van der Waals surface area contributed by atoms with Gasteiger partial charge in [-0.25, -0.2) is 0 Å². The lowest BCUT2D eigenvalue weighted by Crippen LogP contribution is -2.32. The third-order valence-electron chi connectivity index (χ3n) is 2.72. The van der Waals surface area contributed by atoms with Crippen LogP contribution in [0, 0.1) is 0 Å². The minimum Gasteiger partial charge on any atom is -0.481 e. The lowest BCUT2D eigenvalue weighted by molar-refractivity contribution is -0.138. The van der Waals surface area contributed by atoms with E-state index in [-0.39, 0.29) is 19.0 Å². The number of rotatable bonds is 5. The Bertz CT molecular complexity index is 427. The van der Waals surface area contributed by atoms with Crippen molar-refractivity contribution in [2.45, 2.75) is 32.5 Å². The smallest absolute Gasteiger partial charge is 0.416 e. The van der Waals surface area contributed by atoms with Crippen LogP contribution in [-0.2, 0) is 11.0 Å². The van der Waals surface area contributed by atoms with Gasteiger partial charge in [-0.2, -0.15) is 13.2 Å². The summed E-state index contributed by atoms with van der Waals surface area (Å²) in [5, 5.41) is 8.67. The summed E-state index contributed by atoms with van der Waals surface area (Å²) in [4.78, 5) is 12.3. The van der Waals surface area contributed by atoms with E-state index in [1.165, 1.54) is 12.1 Å². The van der Waals surface area contributed by atoms with Crippen molar-refractivity contribution < 1.29 is 23.1 Å². The van der Waals surface area contributed by atoms with Gasteiger partial charge in [0.2, 0.25) is 0 Å². The van der Waals surface area contributed by atoms with Crippen LogP contribution < -0.4 is 4.90 Å². The maximum absolute atomic E-state index is 12.4. The molecule has 0 saturated heterocycles. The molecule has 1 aromatic carbocycles. The molecule has 19 heavy (non-hydrogen) atoms. The molecule has 3 nitrogen and oxygen atoms in total. The van der Waals surface area contributed by atoms with Gasteiger partial charge in [0.25, 0.3) is 0 Å². The Balaban J connectivity index is 2.88. The molecule has 106 valence electrons. The molecule has 0 unspecified atom stereocenters. The number of hydrogen-bond acceptors (Lipinski definition) is 2. The molecule has 0 amide bonds. The van der Waals surface area contributed by atoms with Gasteiger partial charge in [-0.05, 0) is 38.1 Å². The van der Waals surface area contributed by atoms with Gasteiger partial charge in [-0.15, -0.1) is 0 Å². The number of carboxylic acid groups (broad SMARTS) is 1. The fourth-order valence-electron chi connectivity index (χ4n) is 1.74. The van der Waals surface area contributed by atoms with E-state index in [9.17, 15) is 18.0 Å². The van der Waals surface area contributed by atoms with Crippen molar-refractivity contribution in [1.82, 2.24) is 0 Å². The van der Waals surface area contributed by atoms with E-state index in [0.29, 0.717) is 5.69 Å². The van der Waals surface area contributed by atoms with Gasteiger partial charge in [0.15, 0.2) is 0 Å². The van der Waals surface area contributed by atoms with E-state index >= 15 is 0 Å². The van der Waals surface area contributed by atoms with Crippen LogP contribution >= 0.6 is 0 Å². The average Bonchev–Trinajstić information content (AvgIpc) is 2.27. The monoisotopic (exact) mass is 275 g/mol. The van der Waals surface area contributed by atoms with E-state index in [1.54, 1.807) is 4.90 Å². The average molecular weight is 275 g/mol. The molecule has 0 atom stereocenters. The molecule has 0 fully saturated rings. The molecule has 0 saturated carbocycles. The normalized spacial score (nSPS) is 11.7. The van der Waals surface area contributed by atoms with Gasteiger partial charge in [-0.3, -0.25) is 4.79 Å². The fraction of sp³-hybridized carbons (Fsp3) is 0.462. The van der Waals surface area contributed by atoms with Crippen LogP contribution in [0.4, 0.5) is 18.9 Å². The third-order valence-corrected chi connectivity index (χ3v) is 2.72. The number of carbonyl (C=O) groups is 1. The second-order valence-corrected chi connectivity index (χ2v) is 4.48. The number of nitrogens with zero attached hydrogens (tertiary/aromatic N) is 1. The standard InChI is InChI=1S/C13H16F3NO2/c1-9(2)17(8-7-12(18)19)11-5-3-10(4-6-11)13(14,15)16/h3-6,9H,7-8H2,1-2H3,(H,18,19). The molecule has 0 aliphatic rings. The molecular formula is C13H16F3NO2. The largest absolute Gasteiger partial charge is 0.481 e. The molecule has 0 aromatic heterocycles. The quantitative estimate of drug-likeness (QED) is 0.895. The second kappa shape index (κ2) is 5.95. The predicted octanol–water partition coefficient (Wildman–Crippen LogP) is 3.39. The van der Waals surface area contributed by atoms with E-state index < -0.39 is 17.7 Å². The van der Waals surface area contributed by atoms with Crippen molar-refractivity contribution >= 4 is 11.7 Å². The minimum atomic E-state index is -4.36. The summed E-state index contributed by atoms with van der Waals surface area (Å²) in [6.45, 7) is 3.98. The van der Waals surface area contributed by atoms with E-state index in [4.69, 9.17) is 5.11 Å². The SMILES string of the molecule is CC(C)N(CCC(=O)O)c1ccc(C(F)(F)F)cc1. The zero-order chi connectivity index (χ0) is 14.6. The highest BCUT2D eigenvalue weighted by Gasteiger charge is 2.30. The summed E-state index contributed by atoms with van der Waals surface area (Å²) >= 11 is 0. The Kier molecular flexibility index (Phi) is 4.80. The van der Waals surface area contributed by atoms with Crippen LogP contribution in [0.2, 0.25) is 0 Å². The van der Waals surface area contributed by atoms with Gasteiger partial charge in [0, 0.05) is 18.3 Å². The summed E-state index contributed by atoms with van der Waals surface area (Å²) < 4.78 is 37.3. The number of anilines is 1. The molecule has 0 spiro atoms. The molecule has 0 aliphatic heterocycles. The first kappa shape index (κ1) is 15.3. The van der Waals surface area contributed by atoms with E-state index in [0.717, 1.165) is 12.1 Å². The van der Waals surface area contributed by atoms with Gasteiger partial charge in [0.1, 0.15) is 0 Å². The van der Waals surface area contributed by atoms with Crippen molar-refractivity contribution in [3.8, 4) is 0 Å². The number of halogens is 3. The highest BCUT2D eigenvalue weighted by Crippen LogP contribution is 2.30. The Morgan fingerprint density at radius 2 is 1.79 bits per heavy atom. The summed E-state index contributed by atoms with van der Waals surface area (Å²) in [6, 6.07) is 4.75. The first-order valence-electron chi connectivity index (χ1n) is 5.87. The van der Waals surface area contributed by atoms with Crippen LogP contribution in [0.3, 0.4) is 0 Å². The highest BCUT2D eigenvalue weighted by atomic mass is 19.4. The van der Waals surface area contributed by atoms with Crippen molar-refractivity contribution in [1.29, 1.82) is 0 Å². The van der Waals surface area contributed by atoms with Crippen molar-refractivity contribution in [2.24, 2.45) is 0 Å². The third kappa shape index (κ3) is 4.46. The van der Waals surface area contributed by atoms with Crippen LogP contribution in [0.5, 0.6) is 0 Å². The summed E-state index contributed by atoms with van der Waals surface area (Å²) in [5.41, 5.74) is -0.123. The van der Waals surface area contributed by atoms with Crippen LogP contribution in [0.25, 0.3) is 0 Å². The summed E-state index contributed by atoms with van der Waals surface area (Å²) in [7, 11) is 0. The number of carboxylic acids is 1. The molecule has 0 heterocycles. The second-order valence-electron chi connectivity index (χ2n) is 4.48. The van der Waals surface area contributed by atoms with Gasteiger partial charge in [0.05, 0.1) is 12.0 Å². The lowest BCUT2D eigenvalue weighted by atomic mass is 10.1. The van der Waals surface area contributed by atoms with Gasteiger partial charge in [-0.1, -0.05) is 0 Å². The molecule has 1 N–H and O–H groups in total. The molecule has 0 aliphatic carbocycles. The zero-order valence-electron chi connectivity index (χ0n) is 10.7. The lowest BCUT2D eigenvalue weighted by Gasteiger charge is -2.28. The number of hydrogen-bond donors (Lipinski definition) is 1. The maximum atomic E-state index is 12.4. The molecule has 0 radical (unpaired) electrons. The zero-order valence-corrected chi connectivity index (χ0v) is 10.7. The first-order chi connectivity index (χ1) is 8.71. The minimum absolute atomic E-state index is 0.0103. The highest BCUT2D eigenvalue weighted by molar-refractivity contribution is 5.67.